The molecule has 0 spiro atoms. The standard InChI is InChI=1S/C12H6Cl3F5N4S/c13-5-1-4(12(18,19)20)2-6(14)9(5)23-10(22)8(15)7(3-21)24(23)25-11(16)17/h1-2,10-11H,22H2. The smallest absolute Gasteiger partial charge is 0.305 e. The Morgan fingerprint density at radius 2 is 1.72 bits per heavy atom. The number of allylic oxidation sites excluding steroid dienone is 1. The molecule has 0 radical (unpaired) electrons. The van der Waals surface area contributed by atoms with Crippen LogP contribution in [0.5, 0.6) is 0 Å². The lowest BCUT2D eigenvalue weighted by Crippen LogP contribution is -2.45. The second kappa shape index (κ2) is 7.25. The molecule has 136 valence electrons. The van der Waals surface area contributed by atoms with E-state index in [2.05, 4.69) is 0 Å². The van der Waals surface area contributed by atoms with Crippen LogP contribution in [0.3, 0.4) is 0 Å². The number of nitrogens with zero attached hydrogens (tertiary/aromatic N) is 3. The number of hydrogen-bond donors (Lipinski definition) is 1. The van der Waals surface area contributed by atoms with Crippen LogP contribution in [0.2, 0.25) is 10.0 Å². The fourth-order valence-corrected chi connectivity index (χ4v) is 3.62. The summed E-state index contributed by atoms with van der Waals surface area (Å²) in [4.78, 5) is 0. The van der Waals surface area contributed by atoms with E-state index >= 15 is 0 Å². The Hall–Kier alpha value is -1.12. The maximum atomic E-state index is 12.8. The Morgan fingerprint density at radius 3 is 2.12 bits per heavy atom. The van der Waals surface area contributed by atoms with Crippen molar-refractivity contribution < 1.29 is 22.0 Å². The largest absolute Gasteiger partial charge is 0.416 e. The van der Waals surface area contributed by atoms with Gasteiger partial charge in [0.05, 0.1) is 26.3 Å². The van der Waals surface area contributed by atoms with E-state index in [4.69, 9.17) is 45.8 Å². The first-order chi connectivity index (χ1) is 11.5. The Morgan fingerprint density at radius 1 is 1.20 bits per heavy atom. The molecule has 1 aromatic rings. The van der Waals surface area contributed by atoms with E-state index in [9.17, 15) is 22.0 Å². The Balaban J connectivity index is 2.58. The topological polar surface area (TPSA) is 56.3 Å². The van der Waals surface area contributed by atoms with Gasteiger partial charge < -0.3 is 5.73 Å². The van der Waals surface area contributed by atoms with Gasteiger partial charge in [0, 0.05) is 11.9 Å². The highest BCUT2D eigenvalue weighted by Crippen LogP contribution is 2.47. The maximum Gasteiger partial charge on any atom is 0.416 e. The lowest BCUT2D eigenvalue weighted by Gasteiger charge is -2.34. The number of nitrogens with two attached hydrogens (primary N) is 1. The Bertz CT molecular complexity index is 741. The molecular formula is C12H6Cl3F5N4S. The summed E-state index contributed by atoms with van der Waals surface area (Å²) in [5.41, 5.74) is 3.96. The van der Waals surface area contributed by atoms with Crippen molar-refractivity contribution >= 4 is 52.4 Å². The van der Waals surface area contributed by atoms with Crippen molar-refractivity contribution in [1.29, 1.82) is 5.26 Å². The molecule has 25 heavy (non-hydrogen) atoms. The number of halogens is 8. The molecule has 1 heterocycles. The van der Waals surface area contributed by atoms with Crippen molar-refractivity contribution in [2.45, 2.75) is 18.1 Å². The van der Waals surface area contributed by atoms with Crippen LogP contribution in [-0.2, 0) is 6.18 Å². The number of rotatable bonds is 3. The van der Waals surface area contributed by atoms with Crippen LogP contribution in [0.4, 0.5) is 27.6 Å². The van der Waals surface area contributed by atoms with Crippen LogP contribution in [0.15, 0.2) is 22.9 Å². The minimum Gasteiger partial charge on any atom is -0.305 e. The second-order valence-electron chi connectivity index (χ2n) is 4.52. The number of hydrogen-bond acceptors (Lipinski definition) is 5. The van der Waals surface area contributed by atoms with E-state index in [1.807, 2.05) is 0 Å². The number of alkyl halides is 5. The molecule has 0 amide bonds. The number of nitriles is 1. The van der Waals surface area contributed by atoms with Crippen LogP contribution >= 0.6 is 46.8 Å². The maximum absolute atomic E-state index is 12.8. The highest BCUT2D eigenvalue weighted by Gasteiger charge is 2.42. The molecule has 4 nitrogen and oxygen atoms in total. The van der Waals surface area contributed by atoms with Crippen LogP contribution in [0.25, 0.3) is 0 Å². The number of hydrazine groups is 1. The van der Waals surface area contributed by atoms with Gasteiger partial charge in [0.25, 0.3) is 0 Å². The Kier molecular flexibility index (Phi) is 5.85. The molecule has 1 aliphatic rings. The van der Waals surface area contributed by atoms with Crippen molar-refractivity contribution in [3.05, 3.63) is 38.5 Å². The minimum atomic E-state index is -4.72. The fraction of sp³-hybridized carbons (Fsp3) is 0.250. The fourth-order valence-electron chi connectivity index (χ4n) is 2.01. The quantitative estimate of drug-likeness (QED) is 0.520. The highest BCUT2D eigenvalue weighted by molar-refractivity contribution is 7.97. The zero-order valence-corrected chi connectivity index (χ0v) is 14.7. The number of anilines is 1. The monoisotopic (exact) mass is 438 g/mol. The number of benzene rings is 1. The predicted molar refractivity (Wildman–Crippen MR) is 85.8 cm³/mol. The normalized spacial score (nSPS) is 18.4. The second-order valence-corrected chi connectivity index (χ2v) is 6.66. The zero-order chi connectivity index (χ0) is 19.1. The molecule has 1 atom stereocenters. The summed E-state index contributed by atoms with van der Waals surface area (Å²) < 4.78 is 64.8. The molecule has 0 aliphatic carbocycles. The minimum absolute atomic E-state index is 0.126. The summed E-state index contributed by atoms with van der Waals surface area (Å²) in [6.45, 7) is 0. The lowest BCUT2D eigenvalue weighted by molar-refractivity contribution is -0.137. The molecule has 2 rings (SSSR count). The highest BCUT2D eigenvalue weighted by atomic mass is 35.5. The third-order valence-electron chi connectivity index (χ3n) is 3.00. The van der Waals surface area contributed by atoms with Gasteiger partial charge in [-0.15, -0.1) is 0 Å². The van der Waals surface area contributed by atoms with E-state index in [0.29, 0.717) is 16.5 Å². The van der Waals surface area contributed by atoms with Gasteiger partial charge in [0.2, 0.25) is 0 Å². The average Bonchev–Trinajstić information content (AvgIpc) is 2.69. The van der Waals surface area contributed by atoms with E-state index in [1.165, 1.54) is 0 Å². The average molecular weight is 440 g/mol. The van der Waals surface area contributed by atoms with Gasteiger partial charge in [0.1, 0.15) is 12.2 Å². The summed E-state index contributed by atoms with van der Waals surface area (Å²) in [5.74, 6) is -2.98. The molecular weight excluding hydrogens is 434 g/mol. The van der Waals surface area contributed by atoms with Gasteiger partial charge in [-0.05, 0) is 12.1 Å². The summed E-state index contributed by atoms with van der Waals surface area (Å²) in [6, 6.07) is 2.74. The van der Waals surface area contributed by atoms with Crippen LogP contribution < -0.4 is 10.7 Å². The summed E-state index contributed by atoms with van der Waals surface area (Å²) in [5, 5.41) is 8.65. The Labute approximate surface area is 157 Å². The van der Waals surface area contributed by atoms with Gasteiger partial charge in [0.15, 0.2) is 5.70 Å². The summed E-state index contributed by atoms with van der Waals surface area (Å²) in [7, 11) is 0. The molecule has 0 bridgehead atoms. The van der Waals surface area contributed by atoms with Gasteiger partial charge in [-0.3, -0.25) is 0 Å². The van der Waals surface area contributed by atoms with Gasteiger partial charge >= 0.3 is 11.9 Å². The molecule has 1 unspecified atom stereocenters. The molecule has 1 aliphatic heterocycles. The van der Waals surface area contributed by atoms with Crippen LogP contribution in [0.1, 0.15) is 5.56 Å². The molecule has 1 aromatic carbocycles. The molecule has 0 saturated heterocycles. The van der Waals surface area contributed by atoms with Crippen LogP contribution in [-0.4, -0.2) is 16.3 Å². The lowest BCUT2D eigenvalue weighted by atomic mass is 10.2. The van der Waals surface area contributed by atoms with Crippen molar-refractivity contribution in [2.75, 3.05) is 5.01 Å². The van der Waals surface area contributed by atoms with Crippen molar-refractivity contribution in [2.24, 2.45) is 5.73 Å². The first-order valence-corrected chi connectivity index (χ1v) is 8.11. The molecule has 0 fully saturated rings. The third-order valence-corrected chi connectivity index (χ3v) is 4.69. The molecule has 13 heteroatoms. The predicted octanol–water partition coefficient (Wildman–Crippen LogP) is 5.18. The van der Waals surface area contributed by atoms with Crippen molar-refractivity contribution in [1.82, 2.24) is 4.41 Å². The SMILES string of the molecule is N#CC1=C(Cl)C(N)N(c2c(Cl)cc(C(F)(F)F)cc2Cl)N1SC(F)F. The summed E-state index contributed by atoms with van der Waals surface area (Å²) >= 11 is 17.5. The van der Waals surface area contributed by atoms with Gasteiger partial charge in [-0.2, -0.15) is 27.2 Å². The molecule has 0 saturated carbocycles. The van der Waals surface area contributed by atoms with Crippen LogP contribution in [0, 0.1) is 11.3 Å². The molecule has 0 aromatic heterocycles. The zero-order valence-electron chi connectivity index (χ0n) is 11.7. The van der Waals surface area contributed by atoms with Crippen molar-refractivity contribution in [3.8, 4) is 6.07 Å². The van der Waals surface area contributed by atoms with E-state index in [0.717, 1.165) is 5.01 Å². The summed E-state index contributed by atoms with van der Waals surface area (Å²) in [6.07, 6.45) is -6.06. The van der Waals surface area contributed by atoms with Gasteiger partial charge in [-0.1, -0.05) is 34.8 Å². The first kappa shape index (κ1) is 20.2. The van der Waals surface area contributed by atoms with Gasteiger partial charge in [-0.25, -0.2) is 9.42 Å². The van der Waals surface area contributed by atoms with Crippen molar-refractivity contribution in [3.63, 3.8) is 0 Å². The molecule has 2 N–H and O–H groups in total. The third kappa shape index (κ3) is 3.85. The van der Waals surface area contributed by atoms with E-state index in [-0.39, 0.29) is 22.7 Å². The first-order valence-electron chi connectivity index (χ1n) is 6.14. The van der Waals surface area contributed by atoms with E-state index in [1.54, 1.807) is 6.07 Å². The van der Waals surface area contributed by atoms with E-state index < -0.39 is 39.4 Å².